The molecular formula is C23H23FN8O2. The second-order valence-electron chi connectivity index (χ2n) is 7.92. The molecule has 0 spiro atoms. The number of imidazole rings is 1. The Morgan fingerprint density at radius 2 is 2.00 bits per heavy atom. The van der Waals surface area contributed by atoms with Crippen molar-refractivity contribution in [2.24, 2.45) is 0 Å². The number of hydrogen-bond donors (Lipinski definition) is 0. The number of halogens is 1. The Morgan fingerprint density at radius 3 is 2.79 bits per heavy atom. The van der Waals surface area contributed by atoms with Crippen LogP contribution in [0.3, 0.4) is 0 Å². The Labute approximate surface area is 195 Å². The Balaban J connectivity index is 1.51. The van der Waals surface area contributed by atoms with Gasteiger partial charge in [0, 0.05) is 25.6 Å². The Bertz CT molecular complexity index is 1340. The lowest BCUT2D eigenvalue weighted by molar-refractivity contribution is 0.0848. The normalized spacial score (nSPS) is 14.8. The highest BCUT2D eigenvalue weighted by Crippen LogP contribution is 2.25. The zero-order chi connectivity index (χ0) is 23.5. The second-order valence-corrected chi connectivity index (χ2v) is 7.92. The molecule has 11 heteroatoms. The molecule has 1 unspecified atom stereocenters. The fraction of sp³-hybridized carbons (Fsp3) is 0.348. The number of fused-ring (bicyclic) bond motifs is 1. The average Bonchev–Trinajstić information content (AvgIpc) is 3.45. The molecule has 0 N–H and O–H groups in total. The van der Waals surface area contributed by atoms with E-state index in [1.807, 2.05) is 27.7 Å². The van der Waals surface area contributed by atoms with Gasteiger partial charge in [-0.15, -0.1) is 5.10 Å². The van der Waals surface area contributed by atoms with Crippen molar-refractivity contribution in [1.82, 2.24) is 29.8 Å². The molecule has 1 saturated heterocycles. The quantitative estimate of drug-likeness (QED) is 0.412. The van der Waals surface area contributed by atoms with Crippen LogP contribution in [0.2, 0.25) is 0 Å². The van der Waals surface area contributed by atoms with Crippen LogP contribution in [-0.4, -0.2) is 62.4 Å². The van der Waals surface area contributed by atoms with Gasteiger partial charge in [-0.2, -0.15) is 10.1 Å². The van der Waals surface area contributed by atoms with Crippen LogP contribution in [-0.2, 0) is 17.8 Å². The molecule has 1 aliphatic heterocycles. The maximum Gasteiger partial charge on any atom is 0.266 e. The molecule has 0 amide bonds. The summed E-state index contributed by atoms with van der Waals surface area (Å²) >= 11 is 0. The molecule has 1 fully saturated rings. The molecule has 2 aromatic heterocycles. The van der Waals surface area contributed by atoms with Crippen molar-refractivity contribution in [3.8, 4) is 11.8 Å². The molecule has 0 saturated carbocycles. The zero-order valence-electron chi connectivity index (χ0n) is 18.6. The van der Waals surface area contributed by atoms with E-state index in [0.717, 1.165) is 16.6 Å². The van der Waals surface area contributed by atoms with Gasteiger partial charge in [0.1, 0.15) is 18.1 Å². The number of nitriles is 1. The predicted octanol–water partition coefficient (Wildman–Crippen LogP) is 2.52. The second kappa shape index (κ2) is 9.44. The van der Waals surface area contributed by atoms with Gasteiger partial charge in [-0.3, -0.25) is 0 Å². The third-order valence-electron chi connectivity index (χ3n) is 5.57. The lowest BCUT2D eigenvalue weighted by Gasteiger charge is -2.24. The molecule has 34 heavy (non-hydrogen) atoms. The van der Waals surface area contributed by atoms with Crippen LogP contribution in [0.25, 0.3) is 11.0 Å². The summed E-state index contributed by atoms with van der Waals surface area (Å²) in [7, 11) is 0. The topological polar surface area (TPSA) is 107 Å². The van der Waals surface area contributed by atoms with Gasteiger partial charge in [-0.25, -0.2) is 9.37 Å². The highest BCUT2D eigenvalue weighted by atomic mass is 19.1. The summed E-state index contributed by atoms with van der Waals surface area (Å²) in [5.41, 5.74) is 2.83. The molecule has 1 atom stereocenters. The molecule has 0 aliphatic carbocycles. The number of rotatable bonds is 7. The number of alkyl halides is 1. The highest BCUT2D eigenvalue weighted by Gasteiger charge is 2.19. The Morgan fingerprint density at radius 1 is 1.18 bits per heavy atom. The van der Waals surface area contributed by atoms with Crippen molar-refractivity contribution < 1.29 is 13.9 Å². The van der Waals surface area contributed by atoms with Crippen molar-refractivity contribution in [2.75, 3.05) is 31.2 Å². The maximum atomic E-state index is 13.6. The summed E-state index contributed by atoms with van der Waals surface area (Å²) < 4.78 is 26.3. The summed E-state index contributed by atoms with van der Waals surface area (Å²) in [6, 6.07) is 14.8. The Hall–Kier alpha value is -4.04. The first-order valence-electron chi connectivity index (χ1n) is 11.0. The molecule has 4 aromatic rings. The van der Waals surface area contributed by atoms with Crippen molar-refractivity contribution in [2.45, 2.75) is 26.4 Å². The molecule has 3 heterocycles. The number of para-hydroxylation sites is 1. The number of ether oxygens (including phenoxy) is 2. The fourth-order valence-electron chi connectivity index (χ4n) is 3.95. The minimum atomic E-state index is -1.44. The minimum Gasteiger partial charge on any atom is -0.460 e. The average molecular weight is 462 g/mol. The monoisotopic (exact) mass is 462 g/mol. The summed E-state index contributed by atoms with van der Waals surface area (Å²) in [5.74, 6) is 1.68. The van der Waals surface area contributed by atoms with Gasteiger partial charge >= 0.3 is 0 Å². The fourth-order valence-corrected chi connectivity index (χ4v) is 3.95. The van der Waals surface area contributed by atoms with E-state index in [1.165, 1.54) is 11.7 Å². The van der Waals surface area contributed by atoms with E-state index in [2.05, 4.69) is 21.5 Å². The standard InChI is InChI=1S/C23H23FN8O2/c1-16(24)34-21-5-3-2-4-18(21)14-31-20-12-17(13-25)6-7-19(20)26-22(31)15-32-28-23(27-29-32)30-8-10-33-11-9-30/h2-7,12,16H,8-11,14-15H2,1H3. The smallest absolute Gasteiger partial charge is 0.266 e. The van der Waals surface area contributed by atoms with Crippen LogP contribution in [0.1, 0.15) is 23.9 Å². The van der Waals surface area contributed by atoms with Crippen LogP contribution >= 0.6 is 0 Å². The lowest BCUT2D eigenvalue weighted by Crippen LogP contribution is -2.37. The lowest BCUT2D eigenvalue weighted by atomic mass is 10.2. The Kier molecular flexibility index (Phi) is 6.05. The van der Waals surface area contributed by atoms with Crippen molar-refractivity contribution in [1.29, 1.82) is 5.26 Å². The first-order valence-corrected chi connectivity index (χ1v) is 11.0. The van der Waals surface area contributed by atoms with Crippen LogP contribution in [0.15, 0.2) is 42.5 Å². The molecule has 174 valence electrons. The number of hydrogen-bond acceptors (Lipinski definition) is 8. The first kappa shape index (κ1) is 21.8. The van der Waals surface area contributed by atoms with E-state index in [9.17, 15) is 9.65 Å². The van der Waals surface area contributed by atoms with Crippen LogP contribution < -0.4 is 9.64 Å². The van der Waals surface area contributed by atoms with Crippen LogP contribution in [0.5, 0.6) is 5.75 Å². The SMILES string of the molecule is CC(F)Oc1ccccc1Cn1c(Cn2nnc(N3CCOCC3)n2)nc2ccc(C#N)cc21. The molecule has 0 radical (unpaired) electrons. The van der Waals surface area contributed by atoms with Gasteiger partial charge in [0.15, 0.2) is 0 Å². The third kappa shape index (κ3) is 4.53. The number of morpholine rings is 1. The molecule has 2 aromatic carbocycles. The summed E-state index contributed by atoms with van der Waals surface area (Å²) in [4.78, 5) is 8.30. The van der Waals surface area contributed by atoms with E-state index >= 15 is 0 Å². The van der Waals surface area contributed by atoms with Gasteiger partial charge < -0.3 is 18.9 Å². The summed E-state index contributed by atoms with van der Waals surface area (Å²) in [6.07, 6.45) is -1.44. The van der Waals surface area contributed by atoms with Gasteiger partial charge in [0.2, 0.25) is 6.36 Å². The van der Waals surface area contributed by atoms with E-state index in [-0.39, 0.29) is 6.54 Å². The van der Waals surface area contributed by atoms with Crippen LogP contribution in [0, 0.1) is 11.3 Å². The number of nitrogens with zero attached hydrogens (tertiary/aromatic N) is 8. The van der Waals surface area contributed by atoms with Crippen molar-refractivity contribution in [3.05, 3.63) is 59.4 Å². The first-order chi connectivity index (χ1) is 16.6. The zero-order valence-corrected chi connectivity index (χ0v) is 18.6. The van der Waals surface area contributed by atoms with E-state index in [0.29, 0.717) is 55.9 Å². The maximum absolute atomic E-state index is 13.6. The number of benzene rings is 2. The molecule has 1 aliphatic rings. The molecule has 5 rings (SSSR count). The summed E-state index contributed by atoms with van der Waals surface area (Å²) in [6.45, 7) is 4.67. The number of anilines is 1. The van der Waals surface area contributed by atoms with Crippen molar-refractivity contribution >= 4 is 17.0 Å². The largest absolute Gasteiger partial charge is 0.460 e. The summed E-state index contributed by atoms with van der Waals surface area (Å²) in [5, 5.41) is 22.3. The highest BCUT2D eigenvalue weighted by molar-refractivity contribution is 5.78. The van der Waals surface area contributed by atoms with E-state index < -0.39 is 6.36 Å². The minimum absolute atomic E-state index is 0.274. The van der Waals surface area contributed by atoms with Gasteiger partial charge in [-0.05, 0) is 29.5 Å². The predicted molar refractivity (Wildman–Crippen MR) is 121 cm³/mol. The van der Waals surface area contributed by atoms with Crippen LogP contribution in [0.4, 0.5) is 10.3 Å². The molecular weight excluding hydrogens is 439 g/mol. The number of tetrazole rings is 1. The van der Waals surface area contributed by atoms with Gasteiger partial charge in [0.05, 0.1) is 42.4 Å². The van der Waals surface area contributed by atoms with Gasteiger partial charge in [-0.1, -0.05) is 23.3 Å². The number of aromatic nitrogens is 6. The van der Waals surface area contributed by atoms with Crippen molar-refractivity contribution in [3.63, 3.8) is 0 Å². The van der Waals surface area contributed by atoms with Gasteiger partial charge in [0.25, 0.3) is 5.95 Å². The molecule has 10 nitrogen and oxygen atoms in total. The van der Waals surface area contributed by atoms with E-state index in [4.69, 9.17) is 14.5 Å². The van der Waals surface area contributed by atoms with E-state index in [1.54, 1.807) is 24.3 Å². The third-order valence-corrected chi connectivity index (χ3v) is 5.57. The molecule has 0 bridgehead atoms.